The zero-order valence-corrected chi connectivity index (χ0v) is 51.1. The predicted octanol–water partition coefficient (Wildman–Crippen LogP) is 19.5. The summed E-state index contributed by atoms with van der Waals surface area (Å²) in [6.07, 6.45) is 40.6. The summed E-state index contributed by atoms with van der Waals surface area (Å²) in [5.41, 5.74) is 7.35. The summed E-state index contributed by atoms with van der Waals surface area (Å²) in [5, 5.41) is 9.17. The molecule has 0 aliphatic rings. The lowest BCUT2D eigenvalue weighted by molar-refractivity contribution is 0.0734. The summed E-state index contributed by atoms with van der Waals surface area (Å²) in [6, 6.07) is 38.5. The smallest absolute Gasteiger partial charge is 0.343 e. The normalized spacial score (nSPS) is 11.1. The molecule has 450 valence electrons. The Morgan fingerprint density at radius 3 is 1.15 bits per heavy atom. The zero-order valence-electron chi connectivity index (χ0n) is 51.1. The molecule has 0 spiro atoms. The van der Waals surface area contributed by atoms with Crippen LogP contribution < -0.4 is 23.7 Å². The van der Waals surface area contributed by atoms with Crippen molar-refractivity contribution in [2.45, 2.75) is 194 Å². The van der Waals surface area contributed by atoms with Gasteiger partial charge in [-0.05, 0) is 165 Å². The topological polar surface area (TPSA) is 139 Å². The van der Waals surface area contributed by atoms with Crippen molar-refractivity contribution >= 4 is 5.97 Å². The Balaban J connectivity index is 0.765. The fourth-order valence-electron chi connectivity index (χ4n) is 10.3. The first kappa shape index (κ1) is 65.0. The molecule has 7 rings (SSSR count). The third kappa shape index (κ3) is 24.5. The van der Waals surface area contributed by atoms with E-state index in [9.17, 15) is 10.1 Å². The van der Waals surface area contributed by atoms with Crippen molar-refractivity contribution in [2.24, 2.45) is 0 Å². The molecule has 5 aromatic carbocycles. The monoisotopic (exact) mass is 1150 g/mol. The molecule has 11 heteroatoms. The SMILES string of the molecule is CCCCCCCCc1cnc(-c2ccc(OCCCCCCCCCOc3ccc(C(=O)Oc4ccc(-c5ccc(C#N)cc5)cc4)cc3OCCCCCCCCCOc3ccc(-c4ncc(CCCCCCCC)cn4)cc3)cc2)nc1. The maximum atomic E-state index is 13.5. The van der Waals surface area contributed by atoms with Crippen LogP contribution in [-0.2, 0) is 12.8 Å². The molecule has 7 aromatic rings. The minimum absolute atomic E-state index is 0.391. The molecule has 0 amide bonds. The van der Waals surface area contributed by atoms with Crippen molar-refractivity contribution in [1.82, 2.24) is 19.9 Å². The van der Waals surface area contributed by atoms with Gasteiger partial charge < -0.3 is 23.7 Å². The van der Waals surface area contributed by atoms with Crippen LogP contribution in [0.3, 0.4) is 0 Å². The number of aromatic nitrogens is 4. The van der Waals surface area contributed by atoms with Crippen LogP contribution in [0.5, 0.6) is 28.7 Å². The van der Waals surface area contributed by atoms with Crippen LogP contribution >= 0.6 is 0 Å². The van der Waals surface area contributed by atoms with Gasteiger partial charge in [0.1, 0.15) is 17.2 Å². The first-order valence-corrected chi connectivity index (χ1v) is 32.3. The second-order valence-electron chi connectivity index (χ2n) is 22.5. The highest BCUT2D eigenvalue weighted by molar-refractivity contribution is 5.92. The van der Waals surface area contributed by atoms with Crippen LogP contribution in [0.15, 0.2) is 140 Å². The molecule has 2 aromatic heterocycles. The molecule has 0 fully saturated rings. The van der Waals surface area contributed by atoms with Crippen molar-refractivity contribution in [1.29, 1.82) is 5.26 Å². The molecule has 0 radical (unpaired) electrons. The number of nitriles is 1. The Bertz CT molecular complexity index is 2960. The van der Waals surface area contributed by atoms with Crippen LogP contribution in [0.2, 0.25) is 0 Å². The Morgan fingerprint density at radius 2 is 0.729 bits per heavy atom. The molecule has 0 atom stereocenters. The molecule has 0 saturated carbocycles. The number of carbonyl (C=O) groups is 1. The van der Waals surface area contributed by atoms with E-state index < -0.39 is 5.97 Å². The van der Waals surface area contributed by atoms with Crippen molar-refractivity contribution < 1.29 is 28.5 Å². The van der Waals surface area contributed by atoms with Gasteiger partial charge in [-0.3, -0.25) is 0 Å². The Hall–Kier alpha value is -7.58. The van der Waals surface area contributed by atoms with Gasteiger partial charge in [0.15, 0.2) is 23.1 Å². The van der Waals surface area contributed by atoms with Gasteiger partial charge in [0.05, 0.1) is 43.6 Å². The number of aryl methyl sites for hydroxylation is 2. The van der Waals surface area contributed by atoms with Crippen LogP contribution in [0.1, 0.15) is 208 Å². The average molecular weight is 1150 g/mol. The van der Waals surface area contributed by atoms with Crippen molar-refractivity contribution in [2.75, 3.05) is 26.4 Å². The van der Waals surface area contributed by atoms with E-state index in [2.05, 4.69) is 39.9 Å². The number of rotatable bonds is 43. The van der Waals surface area contributed by atoms with E-state index in [1.807, 2.05) is 104 Å². The van der Waals surface area contributed by atoms with Crippen molar-refractivity contribution in [3.63, 3.8) is 0 Å². The highest BCUT2D eigenvalue weighted by atomic mass is 16.5. The van der Waals surface area contributed by atoms with Crippen molar-refractivity contribution in [3.05, 3.63) is 162 Å². The second kappa shape index (κ2) is 39.1. The third-order valence-electron chi connectivity index (χ3n) is 15.5. The zero-order chi connectivity index (χ0) is 59.2. The lowest BCUT2D eigenvalue weighted by Gasteiger charge is -2.14. The summed E-state index contributed by atoms with van der Waals surface area (Å²) >= 11 is 0. The summed E-state index contributed by atoms with van der Waals surface area (Å²) in [5.74, 6) is 4.41. The fourth-order valence-corrected chi connectivity index (χ4v) is 10.3. The Kier molecular flexibility index (Phi) is 29.9. The van der Waals surface area contributed by atoms with E-state index in [1.54, 1.807) is 36.4 Å². The van der Waals surface area contributed by atoms with Gasteiger partial charge in [-0.25, -0.2) is 24.7 Å². The number of esters is 1. The molecule has 0 bridgehead atoms. The lowest BCUT2D eigenvalue weighted by atomic mass is 10.0. The first-order chi connectivity index (χ1) is 42.0. The molecule has 0 saturated heterocycles. The maximum absolute atomic E-state index is 13.5. The number of carbonyl (C=O) groups excluding carboxylic acids is 1. The summed E-state index contributed by atoms with van der Waals surface area (Å²) in [7, 11) is 0. The number of ether oxygens (including phenoxy) is 5. The molecule has 11 nitrogen and oxygen atoms in total. The average Bonchev–Trinajstić information content (AvgIpc) is 3.66. The predicted molar refractivity (Wildman–Crippen MR) is 344 cm³/mol. The second-order valence-corrected chi connectivity index (χ2v) is 22.5. The Morgan fingerprint density at radius 1 is 0.376 bits per heavy atom. The number of hydrogen-bond acceptors (Lipinski definition) is 11. The van der Waals surface area contributed by atoms with Gasteiger partial charge in [0, 0.05) is 35.9 Å². The summed E-state index contributed by atoms with van der Waals surface area (Å²) in [6.45, 7) is 7.00. The van der Waals surface area contributed by atoms with Crippen LogP contribution in [0, 0.1) is 11.3 Å². The van der Waals surface area contributed by atoms with Crippen molar-refractivity contribution in [3.8, 4) is 68.7 Å². The molecule has 0 unspecified atom stereocenters. The van der Waals surface area contributed by atoms with Gasteiger partial charge in [-0.1, -0.05) is 167 Å². The van der Waals surface area contributed by atoms with E-state index in [4.69, 9.17) is 23.7 Å². The van der Waals surface area contributed by atoms with E-state index >= 15 is 0 Å². The number of hydrogen-bond donors (Lipinski definition) is 0. The number of unbranched alkanes of at least 4 members (excludes halogenated alkanes) is 22. The van der Waals surface area contributed by atoms with Crippen LogP contribution in [0.25, 0.3) is 33.9 Å². The molecular formula is C74H93N5O6. The fraction of sp³-hybridized carbons (Fsp3) is 0.459. The van der Waals surface area contributed by atoms with Crippen LogP contribution in [-0.4, -0.2) is 52.3 Å². The van der Waals surface area contributed by atoms with E-state index in [-0.39, 0.29) is 0 Å². The maximum Gasteiger partial charge on any atom is 0.343 e. The molecule has 2 heterocycles. The highest BCUT2D eigenvalue weighted by Crippen LogP contribution is 2.31. The standard InChI is InChI=1S/C74H93N5O6/c1-3-5-7-9-17-23-29-60-55-76-72(77-56-60)64-37-42-67(43-38-64)81-49-25-19-13-11-15-21-27-51-83-70-48-41-66(74(80)85-69-46-35-63(36-47-69)62-33-31-59(54-75)32-34-62)53-71(70)84-52-28-22-16-12-14-20-26-50-82-68-44-39-65(40-45-68)73-78-57-61(58-79-73)30-24-18-10-8-6-4-2/h31-48,53,55-58H,3-30,49-52H2,1-2H3. The van der Waals surface area contributed by atoms with Gasteiger partial charge in [-0.15, -0.1) is 0 Å². The molecule has 0 N–H and O–H groups in total. The van der Waals surface area contributed by atoms with Gasteiger partial charge in [0.25, 0.3) is 0 Å². The molecular weight excluding hydrogens is 1050 g/mol. The highest BCUT2D eigenvalue weighted by Gasteiger charge is 2.15. The van der Waals surface area contributed by atoms with Crippen LogP contribution in [0.4, 0.5) is 0 Å². The quantitative estimate of drug-likeness (QED) is 0.0205. The number of benzene rings is 5. The van der Waals surface area contributed by atoms with Gasteiger partial charge >= 0.3 is 5.97 Å². The minimum atomic E-state index is -0.470. The number of nitrogens with zero attached hydrogens (tertiary/aromatic N) is 5. The van der Waals surface area contributed by atoms with Gasteiger partial charge in [-0.2, -0.15) is 5.26 Å². The molecule has 0 aliphatic heterocycles. The van der Waals surface area contributed by atoms with E-state index in [1.165, 1.54) is 101 Å². The summed E-state index contributed by atoms with van der Waals surface area (Å²) < 4.78 is 30.6. The summed E-state index contributed by atoms with van der Waals surface area (Å²) in [4.78, 5) is 32.0. The Labute approximate surface area is 508 Å². The molecule has 0 aliphatic carbocycles. The minimum Gasteiger partial charge on any atom is -0.494 e. The first-order valence-electron chi connectivity index (χ1n) is 32.3. The largest absolute Gasteiger partial charge is 0.494 e. The van der Waals surface area contributed by atoms with Gasteiger partial charge in [0.2, 0.25) is 0 Å². The van der Waals surface area contributed by atoms with E-state index in [0.717, 1.165) is 135 Å². The lowest BCUT2D eigenvalue weighted by Crippen LogP contribution is -2.10. The van der Waals surface area contributed by atoms with E-state index in [0.29, 0.717) is 54.8 Å². The third-order valence-corrected chi connectivity index (χ3v) is 15.5. The molecule has 85 heavy (non-hydrogen) atoms.